The van der Waals surface area contributed by atoms with Gasteiger partial charge in [-0.1, -0.05) is 17.8 Å². The zero-order valence-electron chi connectivity index (χ0n) is 16.2. The van der Waals surface area contributed by atoms with Crippen LogP contribution < -0.4 is 5.56 Å². The molecule has 4 heterocycles. The van der Waals surface area contributed by atoms with E-state index in [0.29, 0.717) is 16.9 Å². The molecule has 4 rings (SSSR count). The van der Waals surface area contributed by atoms with Crippen molar-refractivity contribution in [2.75, 3.05) is 0 Å². The summed E-state index contributed by atoms with van der Waals surface area (Å²) in [6, 6.07) is 3.91. The van der Waals surface area contributed by atoms with E-state index in [1.165, 1.54) is 11.8 Å². The molecule has 0 saturated carbocycles. The molecule has 0 fully saturated rings. The molecule has 0 spiro atoms. The largest absolute Gasteiger partial charge is 0.419 e. The van der Waals surface area contributed by atoms with Gasteiger partial charge >= 0.3 is 0 Å². The fourth-order valence-electron chi connectivity index (χ4n) is 2.93. The Morgan fingerprint density at radius 3 is 2.68 bits per heavy atom. The maximum Gasteiger partial charge on any atom is 0.263 e. The van der Waals surface area contributed by atoms with Crippen molar-refractivity contribution in [1.82, 2.24) is 19.7 Å². The summed E-state index contributed by atoms with van der Waals surface area (Å²) in [4.78, 5) is 20.8. The summed E-state index contributed by atoms with van der Waals surface area (Å²) in [5.41, 5.74) is 1.04. The summed E-state index contributed by atoms with van der Waals surface area (Å²) in [5.74, 6) is 1.04. The lowest BCUT2D eigenvalue weighted by Gasteiger charge is -2.16. The number of aryl methyl sites for hydroxylation is 2. The first kappa shape index (κ1) is 19.4. The quantitative estimate of drug-likeness (QED) is 0.301. The number of aromatic nitrogens is 4. The van der Waals surface area contributed by atoms with Crippen molar-refractivity contribution < 1.29 is 4.42 Å². The van der Waals surface area contributed by atoms with E-state index in [9.17, 15) is 4.79 Å². The van der Waals surface area contributed by atoms with Gasteiger partial charge in [0.15, 0.2) is 5.16 Å². The Morgan fingerprint density at radius 2 is 2.00 bits per heavy atom. The molecule has 0 unspecified atom stereocenters. The summed E-state index contributed by atoms with van der Waals surface area (Å²) in [6.45, 7) is 10.0. The minimum Gasteiger partial charge on any atom is -0.419 e. The molecule has 6 nitrogen and oxygen atoms in total. The third kappa shape index (κ3) is 3.31. The lowest BCUT2D eigenvalue weighted by atomic mass is 10.2. The van der Waals surface area contributed by atoms with Crippen LogP contribution in [0.3, 0.4) is 0 Å². The number of thioether (sulfide) groups is 1. The molecule has 9 heteroatoms. The molecule has 0 aliphatic rings. The molecule has 4 aromatic rings. The standard InChI is InChI=1S/C19H20N4O2S3/c1-9(2)23-18(24)14-10(3)11(4)27-17(14)20-19(23)28-12(5)15-21-22-16(25-15)13-7-6-8-26-13/h6-9,12H,1-5H3/t12-/m1/s1. The van der Waals surface area contributed by atoms with Crippen molar-refractivity contribution in [3.05, 3.63) is 44.2 Å². The van der Waals surface area contributed by atoms with Crippen LogP contribution in [0.4, 0.5) is 0 Å². The van der Waals surface area contributed by atoms with Crippen LogP contribution in [0.15, 0.2) is 31.9 Å². The SMILES string of the molecule is Cc1sc2nc(S[C@H](C)c3nnc(-c4cccs4)o3)n(C(C)C)c(=O)c2c1C. The van der Waals surface area contributed by atoms with Crippen molar-refractivity contribution in [2.24, 2.45) is 0 Å². The first-order chi connectivity index (χ1) is 13.4. The second kappa shape index (κ2) is 7.46. The number of fused-ring (bicyclic) bond motifs is 1. The van der Waals surface area contributed by atoms with Crippen molar-refractivity contribution in [1.29, 1.82) is 0 Å². The maximum atomic E-state index is 13.2. The van der Waals surface area contributed by atoms with Gasteiger partial charge in [-0.05, 0) is 51.6 Å². The van der Waals surface area contributed by atoms with Gasteiger partial charge in [-0.25, -0.2) is 4.98 Å². The second-order valence-electron chi connectivity index (χ2n) is 6.81. The molecule has 4 aromatic heterocycles. The van der Waals surface area contributed by atoms with Gasteiger partial charge in [0.2, 0.25) is 5.89 Å². The van der Waals surface area contributed by atoms with Crippen LogP contribution in [-0.2, 0) is 0 Å². The summed E-state index contributed by atoms with van der Waals surface area (Å²) in [7, 11) is 0. The van der Waals surface area contributed by atoms with Crippen LogP contribution in [0, 0.1) is 13.8 Å². The number of hydrogen-bond acceptors (Lipinski definition) is 8. The van der Waals surface area contributed by atoms with E-state index in [1.54, 1.807) is 27.2 Å². The third-order valence-electron chi connectivity index (χ3n) is 4.52. The Labute approximate surface area is 174 Å². The van der Waals surface area contributed by atoms with Crippen LogP contribution in [0.25, 0.3) is 21.0 Å². The molecule has 0 amide bonds. The van der Waals surface area contributed by atoms with Gasteiger partial charge in [-0.3, -0.25) is 9.36 Å². The molecule has 0 radical (unpaired) electrons. The van der Waals surface area contributed by atoms with E-state index in [0.717, 1.165) is 25.5 Å². The Bertz CT molecular complexity index is 1190. The molecular formula is C19H20N4O2S3. The Morgan fingerprint density at radius 1 is 1.21 bits per heavy atom. The lowest BCUT2D eigenvalue weighted by molar-refractivity contribution is 0.503. The summed E-state index contributed by atoms with van der Waals surface area (Å²) >= 11 is 4.60. The smallest absolute Gasteiger partial charge is 0.263 e. The van der Waals surface area contributed by atoms with Crippen LogP contribution in [0.1, 0.15) is 48.4 Å². The van der Waals surface area contributed by atoms with Gasteiger partial charge in [0.1, 0.15) is 4.83 Å². The van der Waals surface area contributed by atoms with Crippen molar-refractivity contribution in [2.45, 2.75) is 51.1 Å². The average Bonchev–Trinajstić information content (AvgIpc) is 3.36. The molecule has 0 bridgehead atoms. The molecule has 146 valence electrons. The van der Waals surface area contributed by atoms with Crippen LogP contribution >= 0.6 is 34.4 Å². The highest BCUT2D eigenvalue weighted by molar-refractivity contribution is 7.99. The van der Waals surface area contributed by atoms with E-state index in [1.807, 2.05) is 52.1 Å². The first-order valence-corrected chi connectivity index (χ1v) is 11.5. The normalized spacial score (nSPS) is 12.9. The Kier molecular flexibility index (Phi) is 5.15. The highest BCUT2D eigenvalue weighted by Crippen LogP contribution is 2.37. The number of nitrogens with zero attached hydrogens (tertiary/aromatic N) is 4. The highest BCUT2D eigenvalue weighted by atomic mass is 32.2. The van der Waals surface area contributed by atoms with Gasteiger partial charge in [0.05, 0.1) is 15.5 Å². The van der Waals surface area contributed by atoms with Crippen molar-refractivity contribution in [3.8, 4) is 10.8 Å². The second-order valence-corrected chi connectivity index (χ2v) is 10.3. The number of hydrogen-bond donors (Lipinski definition) is 0. The monoisotopic (exact) mass is 432 g/mol. The van der Waals surface area contributed by atoms with E-state index in [4.69, 9.17) is 9.40 Å². The molecule has 28 heavy (non-hydrogen) atoms. The Balaban J connectivity index is 1.73. The van der Waals surface area contributed by atoms with Crippen LogP contribution in [0.2, 0.25) is 0 Å². The highest BCUT2D eigenvalue weighted by Gasteiger charge is 2.23. The molecule has 0 aliphatic heterocycles. The van der Waals surface area contributed by atoms with Crippen molar-refractivity contribution in [3.63, 3.8) is 0 Å². The maximum absolute atomic E-state index is 13.2. The molecule has 1 atom stereocenters. The van der Waals surface area contributed by atoms with Gasteiger partial charge in [0.25, 0.3) is 11.4 Å². The third-order valence-corrected chi connectivity index (χ3v) is 7.53. The molecule has 0 aliphatic carbocycles. The predicted octanol–water partition coefficient (Wildman–Crippen LogP) is 5.62. The van der Waals surface area contributed by atoms with Crippen LogP contribution in [-0.4, -0.2) is 19.7 Å². The molecule has 0 aromatic carbocycles. The zero-order chi connectivity index (χ0) is 20.0. The molecule has 0 saturated heterocycles. The summed E-state index contributed by atoms with van der Waals surface area (Å²) in [5, 5.41) is 11.6. The summed E-state index contributed by atoms with van der Waals surface area (Å²) < 4.78 is 7.62. The minimum absolute atomic E-state index is 0.00284. The van der Waals surface area contributed by atoms with Crippen molar-refractivity contribution >= 4 is 44.7 Å². The fraction of sp³-hybridized carbons (Fsp3) is 0.368. The van der Waals surface area contributed by atoms with Gasteiger partial charge < -0.3 is 4.42 Å². The average molecular weight is 433 g/mol. The Hall–Kier alpha value is -1.97. The lowest BCUT2D eigenvalue weighted by Crippen LogP contribution is -2.25. The van der Waals surface area contributed by atoms with Gasteiger partial charge in [0, 0.05) is 10.9 Å². The number of thiophene rings is 2. The fourth-order valence-corrected chi connectivity index (χ4v) is 5.72. The van der Waals surface area contributed by atoms with E-state index in [2.05, 4.69) is 10.2 Å². The zero-order valence-corrected chi connectivity index (χ0v) is 18.7. The topological polar surface area (TPSA) is 73.8 Å². The predicted molar refractivity (Wildman–Crippen MR) is 116 cm³/mol. The van der Waals surface area contributed by atoms with E-state index < -0.39 is 0 Å². The first-order valence-electron chi connectivity index (χ1n) is 8.93. The molecular weight excluding hydrogens is 412 g/mol. The summed E-state index contributed by atoms with van der Waals surface area (Å²) in [6.07, 6.45) is 0. The number of rotatable bonds is 5. The van der Waals surface area contributed by atoms with Gasteiger partial charge in [-0.2, -0.15) is 0 Å². The molecule has 0 N–H and O–H groups in total. The minimum atomic E-state index is -0.127. The van der Waals surface area contributed by atoms with E-state index >= 15 is 0 Å². The van der Waals surface area contributed by atoms with Crippen LogP contribution in [0.5, 0.6) is 0 Å². The van der Waals surface area contributed by atoms with E-state index in [-0.39, 0.29) is 16.9 Å². The van der Waals surface area contributed by atoms with Gasteiger partial charge in [-0.15, -0.1) is 32.9 Å².